The molecule has 0 amide bonds. The molecule has 1 aliphatic carbocycles. The normalized spacial score (nSPS) is 30.6. The Morgan fingerprint density at radius 2 is 1.94 bits per heavy atom. The molecule has 1 rings (SSSR count). The zero-order valence-electron chi connectivity index (χ0n) is 11.6. The Morgan fingerprint density at radius 3 is 2.44 bits per heavy atom. The molecular weight excluding hydrogens is 192 g/mol. The molecule has 0 nitrogen and oxygen atoms in total. The summed E-state index contributed by atoms with van der Waals surface area (Å²) in [6.07, 6.45) is 9.69. The molecule has 1 aliphatic rings. The van der Waals surface area contributed by atoms with Crippen molar-refractivity contribution in [3.05, 3.63) is 23.8 Å². The molecule has 0 bridgehead atoms. The fraction of sp³-hybridized carbons (Fsp3) is 0.750. The molecule has 0 unspecified atom stereocenters. The summed E-state index contributed by atoms with van der Waals surface area (Å²) >= 11 is 0. The Labute approximate surface area is 102 Å². The van der Waals surface area contributed by atoms with E-state index in [-0.39, 0.29) is 0 Å². The molecule has 0 aromatic heterocycles. The van der Waals surface area contributed by atoms with Gasteiger partial charge in [-0.1, -0.05) is 44.9 Å². The van der Waals surface area contributed by atoms with Crippen LogP contribution in [0.1, 0.15) is 66.2 Å². The van der Waals surface area contributed by atoms with E-state index in [1.165, 1.54) is 38.5 Å². The Balaban J connectivity index is 2.84. The average molecular weight is 220 g/mol. The lowest BCUT2D eigenvalue weighted by molar-refractivity contribution is 0.165. The van der Waals surface area contributed by atoms with Gasteiger partial charge in [-0.2, -0.15) is 0 Å². The van der Waals surface area contributed by atoms with Crippen LogP contribution < -0.4 is 0 Å². The summed E-state index contributed by atoms with van der Waals surface area (Å²) in [6.45, 7) is 13.4. The molecule has 0 aromatic rings. The van der Waals surface area contributed by atoms with Crippen molar-refractivity contribution in [3.63, 3.8) is 0 Å². The largest absolute Gasteiger partial charge is 0.103 e. The monoisotopic (exact) mass is 220 g/mol. The first kappa shape index (κ1) is 13.5. The van der Waals surface area contributed by atoms with Crippen molar-refractivity contribution in [2.45, 2.75) is 66.2 Å². The first-order valence-corrected chi connectivity index (χ1v) is 6.88. The highest BCUT2D eigenvalue weighted by Gasteiger charge is 2.35. The molecule has 2 atom stereocenters. The molecule has 0 aromatic carbocycles. The maximum absolute atomic E-state index is 3.86. The van der Waals surface area contributed by atoms with Gasteiger partial charge in [-0.3, -0.25) is 0 Å². The second-order valence-electron chi connectivity index (χ2n) is 5.68. The van der Waals surface area contributed by atoms with Crippen LogP contribution in [0.3, 0.4) is 0 Å². The van der Waals surface area contributed by atoms with E-state index in [1.54, 1.807) is 11.1 Å². The lowest BCUT2D eigenvalue weighted by Crippen LogP contribution is -2.30. The topological polar surface area (TPSA) is 0 Å². The summed E-state index contributed by atoms with van der Waals surface area (Å²) in [5, 5.41) is 0. The number of hydrogen-bond acceptors (Lipinski definition) is 0. The van der Waals surface area contributed by atoms with Gasteiger partial charge in [0.1, 0.15) is 0 Å². The van der Waals surface area contributed by atoms with Crippen molar-refractivity contribution >= 4 is 0 Å². The van der Waals surface area contributed by atoms with E-state index in [4.69, 9.17) is 0 Å². The summed E-state index contributed by atoms with van der Waals surface area (Å²) in [5.41, 5.74) is 4.00. The molecule has 16 heavy (non-hydrogen) atoms. The smallest absolute Gasteiger partial charge is 0.0257 e. The van der Waals surface area contributed by atoms with Gasteiger partial charge in [-0.05, 0) is 49.9 Å². The van der Waals surface area contributed by atoms with Crippen LogP contribution in [0.5, 0.6) is 0 Å². The molecule has 0 heterocycles. The highest BCUT2D eigenvalue weighted by molar-refractivity contribution is 5.21. The summed E-state index contributed by atoms with van der Waals surface area (Å²) in [5.74, 6) is 0.831. The van der Waals surface area contributed by atoms with Crippen molar-refractivity contribution in [2.75, 3.05) is 0 Å². The third-order valence-electron chi connectivity index (χ3n) is 4.63. The van der Waals surface area contributed by atoms with Crippen LogP contribution in [-0.4, -0.2) is 0 Å². The third kappa shape index (κ3) is 2.78. The van der Waals surface area contributed by atoms with E-state index >= 15 is 0 Å². The highest BCUT2D eigenvalue weighted by atomic mass is 14.4. The molecule has 0 fully saturated rings. The molecule has 0 saturated carbocycles. The number of rotatable bonds is 5. The third-order valence-corrected chi connectivity index (χ3v) is 4.63. The van der Waals surface area contributed by atoms with E-state index in [2.05, 4.69) is 40.3 Å². The van der Waals surface area contributed by atoms with Crippen molar-refractivity contribution in [1.82, 2.24) is 0 Å². The Morgan fingerprint density at radius 1 is 1.31 bits per heavy atom. The van der Waals surface area contributed by atoms with Gasteiger partial charge < -0.3 is 0 Å². The molecule has 0 aliphatic heterocycles. The molecule has 0 spiro atoms. The van der Waals surface area contributed by atoms with Crippen LogP contribution >= 0.6 is 0 Å². The van der Waals surface area contributed by atoms with E-state index in [9.17, 15) is 0 Å². The van der Waals surface area contributed by atoms with Crippen molar-refractivity contribution in [3.8, 4) is 0 Å². The van der Waals surface area contributed by atoms with Gasteiger partial charge in [0.25, 0.3) is 0 Å². The van der Waals surface area contributed by atoms with Crippen LogP contribution in [0, 0.1) is 11.3 Å². The van der Waals surface area contributed by atoms with Crippen LogP contribution in [0.15, 0.2) is 23.8 Å². The summed E-state index contributed by atoms with van der Waals surface area (Å²) in [6, 6.07) is 0. The highest BCUT2D eigenvalue weighted by Crippen LogP contribution is 2.47. The van der Waals surface area contributed by atoms with Gasteiger partial charge in [0.2, 0.25) is 0 Å². The Hall–Kier alpha value is -0.520. The van der Waals surface area contributed by atoms with E-state index < -0.39 is 0 Å². The first-order valence-electron chi connectivity index (χ1n) is 6.88. The van der Waals surface area contributed by atoms with Gasteiger partial charge in [0.05, 0.1) is 0 Å². The second-order valence-corrected chi connectivity index (χ2v) is 5.68. The van der Waals surface area contributed by atoms with Gasteiger partial charge in [0.15, 0.2) is 0 Å². The molecule has 0 saturated heterocycles. The zero-order chi connectivity index (χ0) is 12.2. The molecule has 0 heteroatoms. The first-order chi connectivity index (χ1) is 7.57. The van der Waals surface area contributed by atoms with Gasteiger partial charge in [0, 0.05) is 0 Å². The zero-order valence-corrected chi connectivity index (χ0v) is 11.6. The fourth-order valence-corrected chi connectivity index (χ4v) is 3.08. The number of allylic oxidation sites excluding steroid dienone is 3. The lowest BCUT2D eigenvalue weighted by atomic mass is 9.63. The molecule has 92 valence electrons. The minimum Gasteiger partial charge on any atom is -0.103 e. The van der Waals surface area contributed by atoms with E-state index in [0.717, 1.165) is 5.92 Å². The Bertz CT molecular complexity index is 272. The van der Waals surface area contributed by atoms with Crippen molar-refractivity contribution in [1.29, 1.82) is 0 Å². The van der Waals surface area contributed by atoms with Crippen LogP contribution in [-0.2, 0) is 0 Å². The SMILES string of the molecule is C=CCC[C@]1(C)CC(CC)=C(CC)C[C@@H]1C. The maximum Gasteiger partial charge on any atom is -0.0257 e. The molecular formula is C16H28. The van der Waals surface area contributed by atoms with Gasteiger partial charge in [-0.15, -0.1) is 6.58 Å². The van der Waals surface area contributed by atoms with E-state index in [1.807, 2.05) is 0 Å². The molecule has 0 radical (unpaired) electrons. The van der Waals surface area contributed by atoms with Gasteiger partial charge in [-0.25, -0.2) is 0 Å². The van der Waals surface area contributed by atoms with Crippen LogP contribution in [0.4, 0.5) is 0 Å². The second kappa shape index (κ2) is 5.70. The average Bonchev–Trinajstić information content (AvgIpc) is 2.29. The lowest BCUT2D eigenvalue weighted by Gasteiger charge is -2.42. The van der Waals surface area contributed by atoms with E-state index in [0.29, 0.717) is 5.41 Å². The summed E-state index contributed by atoms with van der Waals surface area (Å²) < 4.78 is 0. The summed E-state index contributed by atoms with van der Waals surface area (Å²) in [7, 11) is 0. The van der Waals surface area contributed by atoms with Crippen molar-refractivity contribution < 1.29 is 0 Å². The van der Waals surface area contributed by atoms with Crippen LogP contribution in [0.2, 0.25) is 0 Å². The van der Waals surface area contributed by atoms with Crippen LogP contribution in [0.25, 0.3) is 0 Å². The minimum absolute atomic E-state index is 0.512. The fourth-order valence-electron chi connectivity index (χ4n) is 3.08. The summed E-state index contributed by atoms with van der Waals surface area (Å²) in [4.78, 5) is 0. The van der Waals surface area contributed by atoms with Crippen molar-refractivity contribution in [2.24, 2.45) is 11.3 Å². The number of hydrogen-bond donors (Lipinski definition) is 0. The van der Waals surface area contributed by atoms with Gasteiger partial charge >= 0.3 is 0 Å². The predicted octanol–water partition coefficient (Wildman–Crippen LogP) is 5.51. The predicted molar refractivity (Wildman–Crippen MR) is 73.5 cm³/mol. The minimum atomic E-state index is 0.512. The Kier molecular flexibility index (Phi) is 4.83. The standard InChI is InChI=1S/C16H28/c1-6-9-10-16(5)12-15(8-3)14(7-2)11-13(16)4/h6,13H,1,7-12H2,2-5H3/t13-,16+/m0/s1. The quantitative estimate of drug-likeness (QED) is 0.536. The maximum atomic E-state index is 3.86. The molecule has 0 N–H and O–H groups in total.